The Hall–Kier alpha value is -6.11. The molecule has 0 bridgehead atoms. The number of anilines is 4. The predicted octanol–water partition coefficient (Wildman–Crippen LogP) is 0.354. The number of primary amides is 1. The number of aryl methyl sites for hydroxylation is 1. The lowest BCUT2D eigenvalue weighted by Crippen LogP contribution is -2.66. The third-order valence-electron chi connectivity index (χ3n) is 11.3. The Bertz CT molecular complexity index is 2090. The molecule has 19 nitrogen and oxygen atoms in total. The second-order valence-corrected chi connectivity index (χ2v) is 15.3. The lowest BCUT2D eigenvalue weighted by atomic mass is 9.89. The SMILES string of the molecule is CNC(=O)CCC(C=O)N1C(=O)c2ccc(N3CC(CN4CC5(C4)CN(C4CCCN(c6cnc(C(N)=O)c(Nc7cnn(C)c7)n6)C4)C(=O)O5)C3)cc2C1=O. The van der Waals surface area contributed by atoms with Gasteiger partial charge < -0.3 is 35.7 Å². The van der Waals surface area contributed by atoms with E-state index >= 15 is 0 Å². The molecule has 19 heteroatoms. The maximum atomic E-state index is 13.3. The van der Waals surface area contributed by atoms with Crippen LogP contribution in [-0.2, 0) is 21.4 Å². The number of ether oxygens (including phenoxy) is 1. The highest BCUT2D eigenvalue weighted by Gasteiger charge is 2.55. The molecule has 5 aliphatic heterocycles. The van der Waals surface area contributed by atoms with Crippen LogP contribution in [-0.4, -0.2) is 148 Å². The molecule has 0 aliphatic carbocycles. The Morgan fingerprint density at radius 1 is 1.07 bits per heavy atom. The monoisotopic (exact) mass is 768 g/mol. The summed E-state index contributed by atoms with van der Waals surface area (Å²) >= 11 is 0. The van der Waals surface area contributed by atoms with Crippen LogP contribution in [0.25, 0.3) is 0 Å². The van der Waals surface area contributed by atoms with Gasteiger partial charge in [-0.25, -0.2) is 14.8 Å². The second-order valence-electron chi connectivity index (χ2n) is 15.3. The van der Waals surface area contributed by atoms with Crippen molar-refractivity contribution in [3.8, 4) is 0 Å². The van der Waals surface area contributed by atoms with Crippen molar-refractivity contribution in [2.24, 2.45) is 18.7 Å². The van der Waals surface area contributed by atoms with Crippen molar-refractivity contribution >= 4 is 59.0 Å². The van der Waals surface area contributed by atoms with E-state index in [-0.39, 0.29) is 53.5 Å². The Kier molecular flexibility index (Phi) is 9.55. The molecule has 294 valence electrons. The zero-order valence-electron chi connectivity index (χ0n) is 31.2. The first-order valence-corrected chi connectivity index (χ1v) is 18.8. The number of carbonyl (C=O) groups excluding carboxylic acids is 6. The molecule has 56 heavy (non-hydrogen) atoms. The molecule has 2 unspecified atom stereocenters. The fraction of sp³-hybridized carbons (Fsp3) is 0.486. The van der Waals surface area contributed by atoms with Crippen LogP contribution in [0.2, 0.25) is 0 Å². The van der Waals surface area contributed by atoms with E-state index < -0.39 is 29.4 Å². The number of nitrogens with two attached hydrogens (primary N) is 1. The topological polar surface area (TPSA) is 222 Å². The zero-order chi connectivity index (χ0) is 39.3. The quantitative estimate of drug-likeness (QED) is 0.158. The first-order valence-electron chi connectivity index (χ1n) is 18.8. The van der Waals surface area contributed by atoms with Crippen LogP contribution in [0.1, 0.15) is 56.9 Å². The van der Waals surface area contributed by atoms with Gasteiger partial charge in [-0.05, 0) is 37.5 Å². The molecule has 2 atom stereocenters. The molecule has 5 aliphatic rings. The minimum atomic E-state index is -1.02. The van der Waals surface area contributed by atoms with E-state index in [4.69, 9.17) is 15.5 Å². The van der Waals surface area contributed by atoms with Crippen LogP contribution in [0.4, 0.5) is 27.8 Å². The molecule has 4 fully saturated rings. The van der Waals surface area contributed by atoms with Gasteiger partial charge in [-0.2, -0.15) is 5.10 Å². The Morgan fingerprint density at radius 3 is 2.57 bits per heavy atom. The number of carbonyl (C=O) groups is 6. The standard InChI is InChI=1S/C37H44N12O7/c1-39-30(51)8-6-26(18-50)49-34(53)27-7-5-24(10-28(27)35(49)54)47-14-22(15-47)13-45-19-37(20-45)21-48(36(55)56-37)25-4-3-9-46(17-25)29-12-40-31(32(38)52)33(43-29)42-23-11-41-44(2)16-23/h5,7,10-12,16,18,22,25-26H,3-4,6,8-9,13-15,17,19-21H2,1-2H3,(H2,38,52)(H,39,51)(H,42,43). The summed E-state index contributed by atoms with van der Waals surface area (Å²) < 4.78 is 7.64. The van der Waals surface area contributed by atoms with Gasteiger partial charge in [-0.3, -0.25) is 38.6 Å². The van der Waals surface area contributed by atoms with E-state index in [0.717, 1.165) is 43.1 Å². The van der Waals surface area contributed by atoms with Gasteiger partial charge in [0.1, 0.15) is 12.1 Å². The number of likely N-dealkylation sites (tertiary alicyclic amines) is 1. The number of nitrogens with one attached hydrogen (secondary N) is 2. The molecular formula is C37H44N12O7. The first kappa shape index (κ1) is 36.8. The van der Waals surface area contributed by atoms with E-state index in [2.05, 4.69) is 35.4 Å². The molecule has 2 aromatic heterocycles. The van der Waals surface area contributed by atoms with E-state index in [1.54, 1.807) is 36.3 Å². The van der Waals surface area contributed by atoms with Crippen LogP contribution in [0.5, 0.6) is 0 Å². The van der Waals surface area contributed by atoms with Crippen molar-refractivity contribution < 1.29 is 33.5 Å². The summed E-state index contributed by atoms with van der Waals surface area (Å²) in [7, 11) is 3.27. The fourth-order valence-electron chi connectivity index (χ4n) is 8.50. The Morgan fingerprint density at radius 2 is 1.86 bits per heavy atom. The lowest BCUT2D eigenvalue weighted by molar-refractivity contribution is -0.121. The van der Waals surface area contributed by atoms with Crippen LogP contribution >= 0.6 is 0 Å². The fourth-order valence-corrected chi connectivity index (χ4v) is 8.50. The molecule has 4 saturated heterocycles. The second kappa shape index (κ2) is 14.5. The van der Waals surface area contributed by atoms with E-state index in [0.29, 0.717) is 56.4 Å². The van der Waals surface area contributed by atoms with Crippen LogP contribution in [0.3, 0.4) is 0 Å². The van der Waals surface area contributed by atoms with Crippen LogP contribution in [0.15, 0.2) is 36.8 Å². The summed E-state index contributed by atoms with van der Waals surface area (Å²) in [5.74, 6) is -0.851. The molecule has 0 saturated carbocycles. The van der Waals surface area contributed by atoms with Gasteiger partial charge >= 0.3 is 6.09 Å². The summed E-state index contributed by atoms with van der Waals surface area (Å²) in [6, 6.07) is 4.08. The van der Waals surface area contributed by atoms with Crippen molar-refractivity contribution in [3.63, 3.8) is 0 Å². The number of hydrogen-bond donors (Lipinski definition) is 3. The van der Waals surface area contributed by atoms with Crippen molar-refractivity contribution in [3.05, 3.63) is 53.6 Å². The van der Waals surface area contributed by atoms with Crippen LogP contribution in [0, 0.1) is 5.92 Å². The Labute approximate surface area is 322 Å². The minimum absolute atomic E-state index is 0.0203. The number of amides is 5. The molecule has 7 heterocycles. The molecule has 5 amide bonds. The van der Waals surface area contributed by atoms with E-state index in [1.807, 2.05) is 11.0 Å². The number of hydrogen-bond acceptors (Lipinski definition) is 14. The van der Waals surface area contributed by atoms with Gasteiger partial charge in [0, 0.05) is 84.1 Å². The summed E-state index contributed by atoms with van der Waals surface area (Å²) in [6.07, 6.45) is 6.87. The van der Waals surface area contributed by atoms with Crippen molar-refractivity contribution in [2.75, 3.05) is 74.5 Å². The van der Waals surface area contributed by atoms with Gasteiger partial charge in [0.25, 0.3) is 17.7 Å². The number of rotatable bonds is 13. The summed E-state index contributed by atoms with van der Waals surface area (Å²) in [4.78, 5) is 93.6. The predicted molar refractivity (Wildman–Crippen MR) is 200 cm³/mol. The normalized spacial score (nSPS) is 21.1. The third-order valence-corrected chi connectivity index (χ3v) is 11.3. The first-order chi connectivity index (χ1) is 26.9. The number of piperidine rings is 1. The smallest absolute Gasteiger partial charge is 0.410 e. The molecule has 8 rings (SSSR count). The van der Waals surface area contributed by atoms with Gasteiger partial charge in [0.15, 0.2) is 17.1 Å². The third kappa shape index (κ3) is 6.86. The maximum Gasteiger partial charge on any atom is 0.410 e. The molecular weight excluding hydrogens is 724 g/mol. The number of nitrogens with zero attached hydrogens (tertiary/aromatic N) is 9. The van der Waals surface area contributed by atoms with Crippen molar-refractivity contribution in [2.45, 2.75) is 43.4 Å². The highest BCUT2D eigenvalue weighted by atomic mass is 16.6. The highest BCUT2D eigenvalue weighted by Crippen LogP contribution is 2.38. The number of aldehydes is 1. The number of benzene rings is 1. The summed E-state index contributed by atoms with van der Waals surface area (Å²) in [5.41, 5.74) is 7.03. The van der Waals surface area contributed by atoms with E-state index in [9.17, 15) is 28.8 Å². The summed E-state index contributed by atoms with van der Waals surface area (Å²) in [5, 5.41) is 9.73. The van der Waals surface area contributed by atoms with Gasteiger partial charge in [0.2, 0.25) is 5.91 Å². The van der Waals surface area contributed by atoms with Crippen molar-refractivity contribution in [1.82, 2.24) is 39.8 Å². The number of imide groups is 1. The average molecular weight is 769 g/mol. The largest absolute Gasteiger partial charge is 0.438 e. The van der Waals surface area contributed by atoms with Crippen molar-refractivity contribution in [1.29, 1.82) is 0 Å². The molecule has 1 aromatic carbocycles. The zero-order valence-corrected chi connectivity index (χ0v) is 31.2. The van der Waals surface area contributed by atoms with Gasteiger partial charge in [0.05, 0.1) is 47.8 Å². The number of fused-ring (bicyclic) bond motifs is 1. The molecule has 0 radical (unpaired) electrons. The average Bonchev–Trinajstić information content (AvgIpc) is 3.81. The van der Waals surface area contributed by atoms with Crippen LogP contribution < -0.4 is 26.2 Å². The lowest BCUT2D eigenvalue weighted by Gasteiger charge is -2.50. The minimum Gasteiger partial charge on any atom is -0.438 e. The molecule has 4 N–H and O–H groups in total. The van der Waals surface area contributed by atoms with Gasteiger partial charge in [-0.1, -0.05) is 0 Å². The molecule has 1 spiro atoms. The summed E-state index contributed by atoms with van der Waals surface area (Å²) in [6.45, 7) is 5.43. The van der Waals surface area contributed by atoms with Gasteiger partial charge in [-0.15, -0.1) is 0 Å². The Balaban J connectivity index is 0.830. The maximum absolute atomic E-state index is 13.3. The highest BCUT2D eigenvalue weighted by molar-refractivity contribution is 6.22. The number of aromatic nitrogens is 4. The van der Waals surface area contributed by atoms with E-state index in [1.165, 1.54) is 13.2 Å². The molecule has 3 aromatic rings.